The van der Waals surface area contributed by atoms with Crippen LogP contribution in [-0.4, -0.2) is 74.9 Å². The molecule has 2 aliphatic heterocycles. The first kappa shape index (κ1) is 26.2. The summed E-state index contributed by atoms with van der Waals surface area (Å²) >= 11 is 0. The van der Waals surface area contributed by atoms with E-state index in [2.05, 4.69) is 0 Å². The van der Waals surface area contributed by atoms with Gasteiger partial charge in [0, 0.05) is 26.2 Å². The average molecular weight is 495 g/mol. The van der Waals surface area contributed by atoms with Crippen LogP contribution in [0.3, 0.4) is 0 Å². The van der Waals surface area contributed by atoms with E-state index in [-0.39, 0.29) is 40.1 Å². The molecule has 2 heterocycles. The van der Waals surface area contributed by atoms with Crippen molar-refractivity contribution in [2.45, 2.75) is 44.9 Å². The minimum Gasteiger partial charge on any atom is -0.466 e. The molecule has 2 atom stereocenters. The van der Waals surface area contributed by atoms with Crippen molar-refractivity contribution in [3.63, 3.8) is 0 Å². The van der Waals surface area contributed by atoms with Crippen LogP contribution in [-0.2, 0) is 29.1 Å². The molecule has 1 aromatic rings. The lowest BCUT2D eigenvalue weighted by Crippen LogP contribution is -2.42. The van der Waals surface area contributed by atoms with E-state index in [1.807, 2.05) is 13.8 Å². The number of likely N-dealkylation sites (tertiary alicyclic amines) is 1. The van der Waals surface area contributed by atoms with Gasteiger partial charge in [-0.15, -0.1) is 0 Å². The summed E-state index contributed by atoms with van der Waals surface area (Å²) in [5.74, 6) is -1.05. The van der Waals surface area contributed by atoms with Crippen LogP contribution in [0.5, 0.6) is 0 Å². The van der Waals surface area contributed by atoms with Crippen LogP contribution < -0.4 is 0 Å². The Morgan fingerprint density at radius 2 is 1.68 bits per heavy atom. The zero-order valence-corrected chi connectivity index (χ0v) is 20.9. The molecule has 2 saturated heterocycles. The Labute approximate surface area is 201 Å². The number of rotatable bonds is 7. The lowest BCUT2D eigenvalue weighted by molar-refractivity contribution is -0.151. The molecule has 0 spiro atoms. The molecular formula is C24H34N2O7S. The van der Waals surface area contributed by atoms with Gasteiger partial charge in [0.15, 0.2) is 6.61 Å². The van der Waals surface area contributed by atoms with E-state index in [1.165, 1.54) is 28.6 Å². The van der Waals surface area contributed by atoms with E-state index in [0.717, 1.165) is 6.42 Å². The fourth-order valence-electron chi connectivity index (χ4n) is 4.66. The quantitative estimate of drug-likeness (QED) is 0.535. The first-order valence-electron chi connectivity index (χ1n) is 11.8. The van der Waals surface area contributed by atoms with Crippen LogP contribution in [0.2, 0.25) is 0 Å². The molecule has 188 valence electrons. The molecule has 2 aliphatic rings. The fraction of sp³-hybridized carbons (Fsp3) is 0.625. The van der Waals surface area contributed by atoms with E-state index in [0.29, 0.717) is 45.6 Å². The third-order valence-electron chi connectivity index (χ3n) is 6.34. The Hall–Kier alpha value is -2.46. The highest BCUT2D eigenvalue weighted by atomic mass is 32.2. The van der Waals surface area contributed by atoms with Gasteiger partial charge in [-0.05, 0) is 56.2 Å². The highest BCUT2D eigenvalue weighted by Crippen LogP contribution is 2.27. The smallest absolute Gasteiger partial charge is 0.338 e. The standard InChI is InChI=1S/C24H34N2O7S/c1-4-32-23(28)19-8-10-25(11-9-19)22(27)16-33-24(29)20-6-5-7-21(13-20)34(30,31)26-14-17(2)12-18(3)15-26/h5-7,13,17-19H,4,8-12,14-16H2,1-3H3. The summed E-state index contributed by atoms with van der Waals surface area (Å²) in [6.07, 6.45) is 1.99. The van der Waals surface area contributed by atoms with Crippen molar-refractivity contribution in [3.05, 3.63) is 29.8 Å². The highest BCUT2D eigenvalue weighted by molar-refractivity contribution is 7.89. The van der Waals surface area contributed by atoms with Gasteiger partial charge in [-0.25, -0.2) is 13.2 Å². The van der Waals surface area contributed by atoms with Crippen molar-refractivity contribution >= 4 is 27.9 Å². The maximum absolute atomic E-state index is 13.1. The molecule has 0 aromatic heterocycles. The molecule has 2 fully saturated rings. The van der Waals surface area contributed by atoms with Gasteiger partial charge < -0.3 is 14.4 Å². The third-order valence-corrected chi connectivity index (χ3v) is 8.16. The summed E-state index contributed by atoms with van der Waals surface area (Å²) in [6.45, 7) is 7.37. The minimum absolute atomic E-state index is 0.0376. The summed E-state index contributed by atoms with van der Waals surface area (Å²) in [4.78, 5) is 38.4. The van der Waals surface area contributed by atoms with Gasteiger partial charge >= 0.3 is 11.9 Å². The Bertz CT molecular complexity index is 992. The number of nitrogens with zero attached hydrogens (tertiary/aromatic N) is 2. The second-order valence-electron chi connectivity index (χ2n) is 9.28. The second kappa shape index (κ2) is 11.3. The third kappa shape index (κ3) is 6.35. The monoisotopic (exact) mass is 494 g/mol. The number of benzene rings is 1. The van der Waals surface area contributed by atoms with Gasteiger partial charge in [-0.3, -0.25) is 9.59 Å². The number of sulfonamides is 1. The molecule has 0 radical (unpaired) electrons. The Kier molecular flexibility index (Phi) is 8.70. The number of piperidine rings is 2. The van der Waals surface area contributed by atoms with Crippen LogP contribution in [0.25, 0.3) is 0 Å². The number of hydrogen-bond donors (Lipinski definition) is 0. The number of carbonyl (C=O) groups excluding carboxylic acids is 3. The number of ether oxygens (including phenoxy) is 2. The molecular weight excluding hydrogens is 460 g/mol. The maximum Gasteiger partial charge on any atom is 0.338 e. The van der Waals surface area contributed by atoms with E-state index >= 15 is 0 Å². The summed E-state index contributed by atoms with van der Waals surface area (Å²) < 4.78 is 37.9. The molecule has 3 rings (SSSR count). The predicted octanol–water partition coefficient (Wildman–Crippen LogP) is 2.31. The summed E-state index contributed by atoms with van der Waals surface area (Å²) in [6, 6.07) is 5.74. The summed E-state index contributed by atoms with van der Waals surface area (Å²) in [5.41, 5.74) is 0.0769. The second-order valence-corrected chi connectivity index (χ2v) is 11.2. The molecule has 2 unspecified atom stereocenters. The van der Waals surface area contributed by atoms with Crippen LogP contribution in [0.4, 0.5) is 0 Å². The Balaban J connectivity index is 1.56. The fourth-order valence-corrected chi connectivity index (χ4v) is 6.39. The number of hydrogen-bond acceptors (Lipinski definition) is 7. The van der Waals surface area contributed by atoms with E-state index in [9.17, 15) is 22.8 Å². The molecule has 1 aromatic carbocycles. The van der Waals surface area contributed by atoms with Gasteiger partial charge in [-0.1, -0.05) is 19.9 Å². The molecule has 10 heteroatoms. The van der Waals surface area contributed by atoms with Crippen LogP contribution in [0, 0.1) is 17.8 Å². The maximum atomic E-state index is 13.1. The average Bonchev–Trinajstić information content (AvgIpc) is 2.82. The van der Waals surface area contributed by atoms with Gasteiger partial charge in [-0.2, -0.15) is 4.31 Å². The van der Waals surface area contributed by atoms with Gasteiger partial charge in [0.2, 0.25) is 10.0 Å². The van der Waals surface area contributed by atoms with E-state index in [4.69, 9.17) is 9.47 Å². The van der Waals surface area contributed by atoms with Crippen molar-refractivity contribution in [2.24, 2.45) is 17.8 Å². The topological polar surface area (TPSA) is 110 Å². The predicted molar refractivity (Wildman–Crippen MR) is 124 cm³/mol. The van der Waals surface area contributed by atoms with E-state index in [1.54, 1.807) is 11.8 Å². The van der Waals surface area contributed by atoms with Crippen LogP contribution >= 0.6 is 0 Å². The number of carbonyl (C=O) groups is 3. The zero-order chi connectivity index (χ0) is 24.9. The zero-order valence-electron chi connectivity index (χ0n) is 20.1. The van der Waals surface area contributed by atoms with Crippen molar-refractivity contribution in [1.29, 1.82) is 0 Å². The molecule has 0 saturated carbocycles. The Morgan fingerprint density at radius 1 is 1.03 bits per heavy atom. The van der Waals surface area contributed by atoms with E-state index < -0.39 is 22.6 Å². The number of esters is 2. The summed E-state index contributed by atoms with van der Waals surface area (Å²) in [7, 11) is -3.74. The summed E-state index contributed by atoms with van der Waals surface area (Å²) in [5, 5.41) is 0. The van der Waals surface area contributed by atoms with Gasteiger partial charge in [0.25, 0.3) is 5.91 Å². The first-order valence-corrected chi connectivity index (χ1v) is 13.3. The minimum atomic E-state index is -3.74. The van der Waals surface area contributed by atoms with Crippen molar-refractivity contribution in [1.82, 2.24) is 9.21 Å². The lowest BCUT2D eigenvalue weighted by atomic mass is 9.94. The van der Waals surface area contributed by atoms with Gasteiger partial charge in [0.05, 0.1) is 23.0 Å². The SMILES string of the molecule is CCOC(=O)C1CCN(C(=O)COC(=O)c2cccc(S(=O)(=O)N3CC(C)CC(C)C3)c2)CC1. The molecule has 0 bridgehead atoms. The van der Waals surface area contributed by atoms with Crippen molar-refractivity contribution < 1.29 is 32.3 Å². The molecule has 0 N–H and O–H groups in total. The first-order chi connectivity index (χ1) is 16.1. The molecule has 34 heavy (non-hydrogen) atoms. The Morgan fingerprint density at radius 3 is 2.29 bits per heavy atom. The molecule has 0 aliphatic carbocycles. The molecule has 1 amide bonds. The van der Waals surface area contributed by atoms with Gasteiger partial charge in [0.1, 0.15) is 0 Å². The van der Waals surface area contributed by atoms with Crippen LogP contribution in [0.1, 0.15) is 50.4 Å². The lowest BCUT2D eigenvalue weighted by Gasteiger charge is -2.34. The molecule has 9 nitrogen and oxygen atoms in total. The largest absolute Gasteiger partial charge is 0.466 e. The number of amides is 1. The highest BCUT2D eigenvalue weighted by Gasteiger charge is 2.32. The van der Waals surface area contributed by atoms with Crippen molar-refractivity contribution in [2.75, 3.05) is 39.4 Å². The van der Waals surface area contributed by atoms with Crippen LogP contribution in [0.15, 0.2) is 29.2 Å². The normalized spacial score (nSPS) is 22.3. The van der Waals surface area contributed by atoms with Crippen molar-refractivity contribution in [3.8, 4) is 0 Å².